The molecule has 0 aliphatic rings. The summed E-state index contributed by atoms with van der Waals surface area (Å²) in [6.07, 6.45) is 2.17. The second-order valence-corrected chi connectivity index (χ2v) is 4.09. The molecule has 106 valence electrons. The predicted octanol–water partition coefficient (Wildman–Crippen LogP) is 2.17. The van der Waals surface area contributed by atoms with Gasteiger partial charge in [0.2, 0.25) is 0 Å². The van der Waals surface area contributed by atoms with Gasteiger partial charge in [0.1, 0.15) is 23.9 Å². The SMILES string of the molecule is CCCCOCCOc1cc(OC)ccc1C(=N)N. The molecule has 1 rings (SSSR count). The number of nitrogen functional groups attached to an aromatic ring is 1. The average Bonchev–Trinajstić information content (AvgIpc) is 2.42. The Morgan fingerprint density at radius 2 is 2.05 bits per heavy atom. The van der Waals surface area contributed by atoms with E-state index in [1.165, 1.54) is 0 Å². The molecule has 0 amide bonds. The van der Waals surface area contributed by atoms with Gasteiger partial charge < -0.3 is 19.9 Å². The molecule has 0 saturated heterocycles. The number of benzene rings is 1. The van der Waals surface area contributed by atoms with Crippen LogP contribution in [0, 0.1) is 5.41 Å². The summed E-state index contributed by atoms with van der Waals surface area (Å²) in [4.78, 5) is 0. The molecular formula is C14H22N2O3. The molecule has 0 fully saturated rings. The standard InChI is InChI=1S/C14H22N2O3/c1-3-4-7-18-8-9-19-13-10-11(17-2)5-6-12(13)14(15)16/h5-6,10H,3-4,7-9H2,1-2H3,(H3,15,16). The molecule has 1 aromatic rings. The van der Waals surface area contributed by atoms with Crippen LogP contribution < -0.4 is 15.2 Å². The molecule has 0 aromatic heterocycles. The number of amidine groups is 1. The van der Waals surface area contributed by atoms with Crippen molar-refractivity contribution in [2.45, 2.75) is 19.8 Å². The maximum Gasteiger partial charge on any atom is 0.134 e. The lowest BCUT2D eigenvalue weighted by atomic mass is 10.2. The van der Waals surface area contributed by atoms with E-state index in [2.05, 4.69) is 6.92 Å². The van der Waals surface area contributed by atoms with Gasteiger partial charge in [-0.15, -0.1) is 0 Å². The molecule has 0 saturated carbocycles. The first-order valence-electron chi connectivity index (χ1n) is 6.42. The van der Waals surface area contributed by atoms with Gasteiger partial charge in [-0.25, -0.2) is 0 Å². The monoisotopic (exact) mass is 266 g/mol. The van der Waals surface area contributed by atoms with Crippen LogP contribution in [0.1, 0.15) is 25.3 Å². The number of nitrogens with two attached hydrogens (primary N) is 1. The summed E-state index contributed by atoms with van der Waals surface area (Å²) in [5.74, 6) is 1.20. The highest BCUT2D eigenvalue weighted by atomic mass is 16.5. The van der Waals surface area contributed by atoms with Crippen LogP contribution in [0.2, 0.25) is 0 Å². The summed E-state index contributed by atoms with van der Waals surface area (Å²) in [6, 6.07) is 5.19. The van der Waals surface area contributed by atoms with E-state index in [9.17, 15) is 0 Å². The Labute approximate surface area is 114 Å². The van der Waals surface area contributed by atoms with Crippen molar-refractivity contribution in [2.75, 3.05) is 26.9 Å². The van der Waals surface area contributed by atoms with Crippen LogP contribution in [-0.2, 0) is 4.74 Å². The summed E-state index contributed by atoms with van der Waals surface area (Å²) in [5, 5.41) is 7.50. The average molecular weight is 266 g/mol. The largest absolute Gasteiger partial charge is 0.497 e. The maximum atomic E-state index is 7.50. The molecule has 0 aliphatic carbocycles. The number of nitrogens with one attached hydrogen (secondary N) is 1. The molecule has 3 N–H and O–H groups in total. The van der Waals surface area contributed by atoms with Gasteiger partial charge in [-0.1, -0.05) is 13.3 Å². The highest BCUT2D eigenvalue weighted by Gasteiger charge is 2.08. The Morgan fingerprint density at radius 1 is 1.26 bits per heavy atom. The predicted molar refractivity (Wildman–Crippen MR) is 75.2 cm³/mol. The highest BCUT2D eigenvalue weighted by Crippen LogP contribution is 2.24. The minimum Gasteiger partial charge on any atom is -0.497 e. The number of ether oxygens (including phenoxy) is 3. The van der Waals surface area contributed by atoms with E-state index in [4.69, 9.17) is 25.4 Å². The molecule has 5 nitrogen and oxygen atoms in total. The molecule has 0 aliphatic heterocycles. The van der Waals surface area contributed by atoms with Gasteiger partial charge in [-0.3, -0.25) is 5.41 Å². The lowest BCUT2D eigenvalue weighted by Crippen LogP contribution is -2.15. The molecule has 0 bridgehead atoms. The van der Waals surface area contributed by atoms with Crippen molar-refractivity contribution < 1.29 is 14.2 Å². The second kappa shape index (κ2) is 8.37. The van der Waals surface area contributed by atoms with Crippen molar-refractivity contribution in [3.05, 3.63) is 23.8 Å². The molecule has 19 heavy (non-hydrogen) atoms. The highest BCUT2D eigenvalue weighted by molar-refractivity contribution is 5.97. The fourth-order valence-electron chi connectivity index (χ4n) is 1.53. The van der Waals surface area contributed by atoms with Crippen molar-refractivity contribution >= 4 is 5.84 Å². The Hall–Kier alpha value is -1.75. The van der Waals surface area contributed by atoms with Crippen LogP contribution >= 0.6 is 0 Å². The number of hydrogen-bond donors (Lipinski definition) is 2. The van der Waals surface area contributed by atoms with E-state index in [0.29, 0.717) is 30.3 Å². The van der Waals surface area contributed by atoms with Crippen LogP contribution in [0.3, 0.4) is 0 Å². The maximum absolute atomic E-state index is 7.50. The quantitative estimate of drug-likeness (QED) is 0.408. The third-order valence-corrected chi connectivity index (χ3v) is 2.61. The van der Waals surface area contributed by atoms with Gasteiger partial charge in [0, 0.05) is 12.7 Å². The van der Waals surface area contributed by atoms with Gasteiger partial charge >= 0.3 is 0 Å². The Bertz CT molecular complexity index is 408. The van der Waals surface area contributed by atoms with Crippen molar-refractivity contribution in [2.24, 2.45) is 5.73 Å². The van der Waals surface area contributed by atoms with Crippen molar-refractivity contribution in [3.8, 4) is 11.5 Å². The number of methoxy groups -OCH3 is 1. The van der Waals surface area contributed by atoms with Gasteiger partial charge in [-0.2, -0.15) is 0 Å². The number of hydrogen-bond acceptors (Lipinski definition) is 4. The normalized spacial score (nSPS) is 10.2. The third-order valence-electron chi connectivity index (χ3n) is 2.61. The molecular weight excluding hydrogens is 244 g/mol. The zero-order valence-electron chi connectivity index (χ0n) is 11.6. The van der Waals surface area contributed by atoms with Crippen LogP contribution in [0.5, 0.6) is 11.5 Å². The fraction of sp³-hybridized carbons (Fsp3) is 0.500. The lowest BCUT2D eigenvalue weighted by molar-refractivity contribution is 0.0979. The Kier molecular flexibility index (Phi) is 6.74. The second-order valence-electron chi connectivity index (χ2n) is 4.09. The summed E-state index contributed by atoms with van der Waals surface area (Å²) in [5.41, 5.74) is 6.07. The molecule has 1 aromatic carbocycles. The Balaban J connectivity index is 2.52. The smallest absolute Gasteiger partial charge is 0.134 e. The van der Waals surface area contributed by atoms with Crippen LogP contribution in [0.25, 0.3) is 0 Å². The number of unbranched alkanes of at least 4 members (excludes halogenated alkanes) is 1. The topological polar surface area (TPSA) is 77.6 Å². The van der Waals surface area contributed by atoms with Gasteiger partial charge in [-0.05, 0) is 18.6 Å². The first kappa shape index (κ1) is 15.3. The van der Waals surface area contributed by atoms with Crippen molar-refractivity contribution in [1.82, 2.24) is 0 Å². The summed E-state index contributed by atoms with van der Waals surface area (Å²) in [7, 11) is 1.58. The van der Waals surface area contributed by atoms with Crippen molar-refractivity contribution in [1.29, 1.82) is 5.41 Å². The van der Waals surface area contributed by atoms with E-state index in [1.807, 2.05) is 0 Å². The van der Waals surface area contributed by atoms with Crippen LogP contribution in [-0.4, -0.2) is 32.8 Å². The first-order valence-corrected chi connectivity index (χ1v) is 6.42. The summed E-state index contributed by atoms with van der Waals surface area (Å²) < 4.78 is 16.1. The van der Waals surface area contributed by atoms with E-state index in [0.717, 1.165) is 19.4 Å². The van der Waals surface area contributed by atoms with Crippen LogP contribution in [0.15, 0.2) is 18.2 Å². The van der Waals surface area contributed by atoms with Crippen molar-refractivity contribution in [3.63, 3.8) is 0 Å². The zero-order valence-corrected chi connectivity index (χ0v) is 11.6. The summed E-state index contributed by atoms with van der Waals surface area (Å²) >= 11 is 0. The van der Waals surface area contributed by atoms with E-state index in [1.54, 1.807) is 25.3 Å². The van der Waals surface area contributed by atoms with Gasteiger partial charge in [0.25, 0.3) is 0 Å². The molecule has 0 radical (unpaired) electrons. The zero-order chi connectivity index (χ0) is 14.1. The van der Waals surface area contributed by atoms with Gasteiger partial charge in [0.15, 0.2) is 0 Å². The fourth-order valence-corrected chi connectivity index (χ4v) is 1.53. The Morgan fingerprint density at radius 3 is 2.68 bits per heavy atom. The molecule has 5 heteroatoms. The van der Waals surface area contributed by atoms with Crippen LogP contribution in [0.4, 0.5) is 0 Å². The number of rotatable bonds is 9. The summed E-state index contributed by atoms with van der Waals surface area (Å²) in [6.45, 7) is 3.82. The lowest BCUT2D eigenvalue weighted by Gasteiger charge is -2.12. The molecule has 0 spiro atoms. The first-order chi connectivity index (χ1) is 9.19. The molecule has 0 unspecified atom stereocenters. The minimum absolute atomic E-state index is 0.0236. The molecule has 0 heterocycles. The molecule has 0 atom stereocenters. The third kappa shape index (κ3) is 5.18. The van der Waals surface area contributed by atoms with Gasteiger partial charge in [0.05, 0.1) is 19.3 Å². The van der Waals surface area contributed by atoms with E-state index >= 15 is 0 Å². The minimum atomic E-state index is -0.0236. The van der Waals surface area contributed by atoms with E-state index in [-0.39, 0.29) is 5.84 Å². The van der Waals surface area contributed by atoms with E-state index < -0.39 is 0 Å².